The number of benzene rings is 1. The van der Waals surface area contributed by atoms with Crippen molar-refractivity contribution in [3.05, 3.63) is 51.2 Å². The third-order valence-electron chi connectivity index (χ3n) is 4.56. The fourth-order valence-corrected chi connectivity index (χ4v) is 3.39. The maximum Gasteiger partial charge on any atom is 0.298 e. The second-order valence-electron chi connectivity index (χ2n) is 6.27. The number of rotatable bonds is 3. The van der Waals surface area contributed by atoms with E-state index in [2.05, 4.69) is 15.4 Å². The Morgan fingerprint density at radius 1 is 1.23 bits per heavy atom. The number of fused-ring (bicyclic) bond motifs is 1. The number of ether oxygens (including phenoxy) is 1. The molecule has 1 aromatic carbocycles. The van der Waals surface area contributed by atoms with Gasteiger partial charge in [-0.25, -0.2) is 13.8 Å². The van der Waals surface area contributed by atoms with Gasteiger partial charge in [-0.15, -0.1) is 5.10 Å². The predicted octanol–water partition coefficient (Wildman–Crippen LogP) is 2.57. The molecule has 0 saturated carbocycles. The molecule has 1 aliphatic rings. The average molecular weight is 378 g/mol. The number of hydrogen-bond donors (Lipinski definition) is 0. The van der Waals surface area contributed by atoms with Crippen molar-refractivity contribution in [3.63, 3.8) is 0 Å². The lowest BCUT2D eigenvalue weighted by atomic mass is 10.1. The Morgan fingerprint density at radius 3 is 2.92 bits per heavy atom. The average Bonchev–Trinajstić information content (AvgIpc) is 2.82. The molecule has 0 aliphatic carbocycles. The lowest BCUT2D eigenvalue weighted by Crippen LogP contribution is -2.29. The molecule has 0 amide bonds. The van der Waals surface area contributed by atoms with E-state index < -0.39 is 0 Å². The summed E-state index contributed by atoms with van der Waals surface area (Å²) in [6.07, 6.45) is 2.35. The van der Waals surface area contributed by atoms with Crippen molar-refractivity contribution >= 4 is 22.6 Å². The molecule has 0 spiro atoms. The largest absolute Gasteiger partial charge is 0.381 e. The van der Waals surface area contributed by atoms with E-state index in [0.717, 1.165) is 12.8 Å². The van der Waals surface area contributed by atoms with E-state index in [4.69, 9.17) is 16.3 Å². The quantitative estimate of drug-likeness (QED) is 0.701. The van der Waals surface area contributed by atoms with Crippen LogP contribution in [0.2, 0.25) is 5.15 Å². The Hall–Kier alpha value is -2.32. The minimum absolute atomic E-state index is 0.0719. The van der Waals surface area contributed by atoms with E-state index in [1.54, 1.807) is 18.2 Å². The van der Waals surface area contributed by atoms with Crippen LogP contribution in [0.4, 0.5) is 4.39 Å². The molecule has 0 radical (unpaired) electrons. The third kappa shape index (κ3) is 3.10. The zero-order chi connectivity index (χ0) is 18.1. The monoisotopic (exact) mass is 377 g/mol. The Balaban J connectivity index is 1.74. The minimum Gasteiger partial charge on any atom is -0.381 e. The fourth-order valence-electron chi connectivity index (χ4n) is 3.17. The summed E-state index contributed by atoms with van der Waals surface area (Å²) >= 11 is 6.30. The van der Waals surface area contributed by atoms with Gasteiger partial charge in [0.1, 0.15) is 5.82 Å². The maximum absolute atomic E-state index is 13.9. The molecule has 0 N–H and O–H groups in total. The molecule has 136 valence electrons. The first-order valence-corrected chi connectivity index (χ1v) is 8.85. The van der Waals surface area contributed by atoms with Crippen LogP contribution in [-0.4, -0.2) is 38.0 Å². The molecule has 7 nitrogen and oxygen atoms in total. The van der Waals surface area contributed by atoms with E-state index in [1.165, 1.54) is 15.4 Å². The van der Waals surface area contributed by atoms with Gasteiger partial charge in [0.15, 0.2) is 16.2 Å². The van der Waals surface area contributed by atoms with Gasteiger partial charge in [0.05, 0.1) is 12.6 Å². The van der Waals surface area contributed by atoms with Gasteiger partial charge in [-0.3, -0.25) is 4.79 Å². The fraction of sp³-hybridized carbons (Fsp3) is 0.412. The van der Waals surface area contributed by atoms with E-state index >= 15 is 0 Å². The molecule has 3 aromatic rings. The first-order chi connectivity index (χ1) is 12.6. The topological polar surface area (TPSA) is 74.8 Å². The molecule has 0 unspecified atom stereocenters. The summed E-state index contributed by atoms with van der Waals surface area (Å²) in [6, 6.07) is 6.29. The van der Waals surface area contributed by atoms with Gasteiger partial charge in [0, 0.05) is 18.8 Å². The number of nitrogens with zero attached hydrogens (tertiary/aromatic N) is 5. The van der Waals surface area contributed by atoms with Crippen LogP contribution in [0.3, 0.4) is 0 Å². The second-order valence-corrected chi connectivity index (χ2v) is 6.63. The van der Waals surface area contributed by atoms with Crippen LogP contribution in [0.1, 0.15) is 30.9 Å². The zero-order valence-electron chi connectivity index (χ0n) is 13.9. The van der Waals surface area contributed by atoms with Gasteiger partial charge in [-0.1, -0.05) is 35.0 Å². The predicted molar refractivity (Wildman–Crippen MR) is 93.8 cm³/mol. The third-order valence-corrected chi connectivity index (χ3v) is 4.94. The van der Waals surface area contributed by atoms with Crippen molar-refractivity contribution in [1.82, 2.24) is 24.8 Å². The molecule has 1 saturated heterocycles. The minimum atomic E-state index is -0.356. The van der Waals surface area contributed by atoms with Crippen molar-refractivity contribution in [1.29, 1.82) is 0 Å². The molecule has 0 bridgehead atoms. The highest BCUT2D eigenvalue weighted by Gasteiger charge is 2.22. The number of halogens is 2. The first kappa shape index (κ1) is 17.1. The molecular formula is C17H17ClFN5O2. The van der Waals surface area contributed by atoms with E-state index in [9.17, 15) is 9.18 Å². The number of aromatic nitrogens is 5. The lowest BCUT2D eigenvalue weighted by molar-refractivity contribution is 0.141. The first-order valence-electron chi connectivity index (χ1n) is 8.48. The molecule has 26 heavy (non-hydrogen) atoms. The SMILES string of the molecule is O=c1c2nn(Cc3ccccc3F)c(Cl)c2nnn1[C@@H]1CCCOCC1. The molecular weight excluding hydrogens is 361 g/mol. The van der Waals surface area contributed by atoms with Gasteiger partial charge in [-0.2, -0.15) is 5.10 Å². The second kappa shape index (κ2) is 7.13. The molecule has 4 rings (SSSR count). The van der Waals surface area contributed by atoms with Gasteiger partial charge in [-0.05, 0) is 25.3 Å². The Morgan fingerprint density at radius 2 is 2.08 bits per heavy atom. The number of hydrogen-bond acceptors (Lipinski definition) is 5. The summed E-state index contributed by atoms with van der Waals surface area (Å²) in [5.41, 5.74) is 0.466. The molecule has 1 aliphatic heterocycles. The summed E-state index contributed by atoms with van der Waals surface area (Å²) < 4.78 is 22.1. The van der Waals surface area contributed by atoms with Crippen molar-refractivity contribution in [2.75, 3.05) is 13.2 Å². The van der Waals surface area contributed by atoms with Crippen LogP contribution < -0.4 is 5.56 Å². The summed E-state index contributed by atoms with van der Waals surface area (Å²) in [5, 5.41) is 12.6. The van der Waals surface area contributed by atoms with Crippen molar-refractivity contribution in [2.45, 2.75) is 31.8 Å². The van der Waals surface area contributed by atoms with Crippen molar-refractivity contribution < 1.29 is 9.13 Å². The van der Waals surface area contributed by atoms with Crippen molar-refractivity contribution in [2.24, 2.45) is 0 Å². The van der Waals surface area contributed by atoms with Gasteiger partial charge in [0.25, 0.3) is 5.56 Å². The Labute approximate surface area is 153 Å². The van der Waals surface area contributed by atoms with Crippen LogP contribution >= 0.6 is 11.6 Å². The van der Waals surface area contributed by atoms with Crippen LogP contribution in [0, 0.1) is 5.82 Å². The summed E-state index contributed by atoms with van der Waals surface area (Å²) in [5.74, 6) is -0.356. The van der Waals surface area contributed by atoms with E-state index in [1.807, 2.05) is 0 Å². The highest BCUT2D eigenvalue weighted by atomic mass is 35.5. The molecule has 9 heteroatoms. The molecule has 1 fully saturated rings. The highest BCUT2D eigenvalue weighted by Crippen LogP contribution is 2.22. The van der Waals surface area contributed by atoms with Gasteiger partial charge in [0.2, 0.25) is 0 Å². The van der Waals surface area contributed by atoms with Crippen LogP contribution in [0.15, 0.2) is 29.1 Å². The standard InChI is InChI=1S/C17H17ClFN5O2/c18-16-14-15(21-23(16)10-11-4-1-2-6-13(11)19)17(25)24(22-20-14)12-5-3-8-26-9-7-12/h1-2,4,6,12H,3,5,7-10H2/t12-/m1/s1. The lowest BCUT2D eigenvalue weighted by Gasteiger charge is -2.13. The molecule has 1 atom stereocenters. The Bertz CT molecular complexity index is 994. The van der Waals surface area contributed by atoms with Gasteiger partial charge < -0.3 is 4.74 Å². The normalized spacial score (nSPS) is 18.2. The van der Waals surface area contributed by atoms with Gasteiger partial charge >= 0.3 is 0 Å². The summed E-state index contributed by atoms with van der Waals surface area (Å²) in [4.78, 5) is 12.8. The van der Waals surface area contributed by atoms with E-state index in [-0.39, 0.29) is 40.1 Å². The Kier molecular flexibility index (Phi) is 4.69. The van der Waals surface area contributed by atoms with E-state index in [0.29, 0.717) is 25.2 Å². The smallest absolute Gasteiger partial charge is 0.298 e. The zero-order valence-corrected chi connectivity index (χ0v) is 14.7. The van der Waals surface area contributed by atoms with Crippen molar-refractivity contribution in [3.8, 4) is 0 Å². The van der Waals surface area contributed by atoms with Crippen LogP contribution in [-0.2, 0) is 11.3 Å². The summed E-state index contributed by atoms with van der Waals surface area (Å²) in [6.45, 7) is 1.38. The summed E-state index contributed by atoms with van der Waals surface area (Å²) in [7, 11) is 0. The molecule has 2 aromatic heterocycles. The van der Waals surface area contributed by atoms with Crippen LogP contribution in [0.25, 0.3) is 11.0 Å². The highest BCUT2D eigenvalue weighted by molar-refractivity contribution is 6.33. The van der Waals surface area contributed by atoms with Crippen LogP contribution in [0.5, 0.6) is 0 Å². The molecule has 3 heterocycles. The maximum atomic E-state index is 13.9.